The number of rotatable bonds is 11. The highest BCUT2D eigenvalue weighted by molar-refractivity contribution is 5.95. The van der Waals surface area contributed by atoms with Crippen molar-refractivity contribution >= 4 is 33.5 Å². The standard InChI is InChI=1S/C28H26O8/c29-11-9-28(10-12-30,36-25-8-6-19-14-23(27(33)34)4-2-21(19)16-25)17-35-24-7-5-18-13-22(26(31)32)3-1-20(18)15-24/h1-8,13-16,29-30H,9-12,17H2,(H,31,32)(H,33,34). The fourth-order valence-electron chi connectivity index (χ4n) is 4.14. The van der Waals surface area contributed by atoms with Crippen LogP contribution < -0.4 is 9.47 Å². The summed E-state index contributed by atoms with van der Waals surface area (Å²) in [6, 6.07) is 20.2. The van der Waals surface area contributed by atoms with E-state index in [0.717, 1.165) is 21.5 Å². The number of hydrogen-bond donors (Lipinski definition) is 4. The number of carboxylic acids is 2. The average Bonchev–Trinajstić information content (AvgIpc) is 2.87. The number of carbonyl (C=O) groups is 2. The molecule has 4 aromatic carbocycles. The smallest absolute Gasteiger partial charge is 0.335 e. The van der Waals surface area contributed by atoms with Gasteiger partial charge in [-0.05, 0) is 70.1 Å². The van der Waals surface area contributed by atoms with Crippen LogP contribution in [-0.2, 0) is 0 Å². The summed E-state index contributed by atoms with van der Waals surface area (Å²) in [5, 5.41) is 41.0. The van der Waals surface area contributed by atoms with Gasteiger partial charge in [-0.1, -0.05) is 24.3 Å². The van der Waals surface area contributed by atoms with Gasteiger partial charge in [0.25, 0.3) is 0 Å². The van der Waals surface area contributed by atoms with Gasteiger partial charge in [-0.25, -0.2) is 9.59 Å². The lowest BCUT2D eigenvalue weighted by molar-refractivity contribution is -0.0181. The molecule has 0 atom stereocenters. The Balaban J connectivity index is 1.57. The molecule has 0 unspecified atom stereocenters. The van der Waals surface area contributed by atoms with E-state index >= 15 is 0 Å². The summed E-state index contributed by atoms with van der Waals surface area (Å²) < 4.78 is 12.3. The molecule has 0 fully saturated rings. The quantitative estimate of drug-likeness (QED) is 0.244. The number of carboxylic acid groups (broad SMARTS) is 2. The summed E-state index contributed by atoms with van der Waals surface area (Å²) in [6.07, 6.45) is 0.415. The number of aliphatic hydroxyl groups excluding tert-OH is 2. The van der Waals surface area contributed by atoms with Crippen molar-refractivity contribution in [1.82, 2.24) is 0 Å². The molecule has 0 saturated carbocycles. The highest BCUT2D eigenvalue weighted by Crippen LogP contribution is 2.30. The SMILES string of the molecule is O=C(O)c1ccc2cc(OCC(CCO)(CCO)Oc3ccc4cc(C(=O)O)ccc4c3)ccc2c1. The third kappa shape index (κ3) is 5.56. The number of benzene rings is 4. The van der Waals surface area contributed by atoms with Crippen molar-refractivity contribution in [3.63, 3.8) is 0 Å². The van der Waals surface area contributed by atoms with Gasteiger partial charge in [0.2, 0.25) is 0 Å². The van der Waals surface area contributed by atoms with Crippen LogP contribution in [-0.4, -0.2) is 57.8 Å². The van der Waals surface area contributed by atoms with E-state index in [4.69, 9.17) is 9.47 Å². The molecule has 0 spiro atoms. The number of fused-ring (bicyclic) bond motifs is 2. The number of aliphatic hydroxyl groups is 2. The summed E-state index contributed by atoms with van der Waals surface area (Å²) in [7, 11) is 0. The predicted molar refractivity (Wildman–Crippen MR) is 134 cm³/mol. The van der Waals surface area contributed by atoms with Gasteiger partial charge in [-0.2, -0.15) is 0 Å². The van der Waals surface area contributed by atoms with Crippen LogP contribution >= 0.6 is 0 Å². The van der Waals surface area contributed by atoms with Crippen molar-refractivity contribution < 1.29 is 39.5 Å². The summed E-state index contributed by atoms with van der Waals surface area (Å²) in [5.74, 6) is -0.969. The zero-order chi connectivity index (χ0) is 25.7. The Labute approximate surface area is 206 Å². The zero-order valence-electron chi connectivity index (χ0n) is 19.4. The lowest BCUT2D eigenvalue weighted by atomic mass is 9.96. The Morgan fingerprint density at radius 2 is 1.08 bits per heavy atom. The maximum atomic E-state index is 11.2. The Morgan fingerprint density at radius 1 is 0.639 bits per heavy atom. The van der Waals surface area contributed by atoms with E-state index in [2.05, 4.69) is 0 Å². The minimum absolute atomic E-state index is 0.0445. The lowest BCUT2D eigenvalue weighted by Crippen LogP contribution is -2.44. The number of aromatic carboxylic acids is 2. The number of hydrogen-bond acceptors (Lipinski definition) is 6. The van der Waals surface area contributed by atoms with Crippen molar-refractivity contribution in [2.75, 3.05) is 19.8 Å². The molecule has 0 bridgehead atoms. The summed E-state index contributed by atoms with van der Waals surface area (Å²) in [4.78, 5) is 22.4. The van der Waals surface area contributed by atoms with Crippen molar-refractivity contribution in [3.8, 4) is 11.5 Å². The first-order valence-corrected chi connectivity index (χ1v) is 11.4. The molecule has 36 heavy (non-hydrogen) atoms. The van der Waals surface area contributed by atoms with Gasteiger partial charge in [0.05, 0.1) is 11.1 Å². The van der Waals surface area contributed by atoms with E-state index in [1.165, 1.54) is 12.1 Å². The van der Waals surface area contributed by atoms with E-state index in [-0.39, 0.29) is 43.8 Å². The van der Waals surface area contributed by atoms with Crippen LogP contribution in [0, 0.1) is 0 Å². The molecular weight excluding hydrogens is 464 g/mol. The third-order valence-corrected chi connectivity index (χ3v) is 6.09. The van der Waals surface area contributed by atoms with Gasteiger partial charge < -0.3 is 29.9 Å². The minimum atomic E-state index is -1.03. The molecule has 8 nitrogen and oxygen atoms in total. The first-order valence-electron chi connectivity index (χ1n) is 11.4. The van der Waals surface area contributed by atoms with Gasteiger partial charge in [0, 0.05) is 26.1 Å². The molecule has 0 heterocycles. The topological polar surface area (TPSA) is 134 Å². The van der Waals surface area contributed by atoms with E-state index in [1.807, 2.05) is 0 Å². The lowest BCUT2D eigenvalue weighted by Gasteiger charge is -2.33. The fourth-order valence-corrected chi connectivity index (χ4v) is 4.14. The van der Waals surface area contributed by atoms with E-state index in [1.54, 1.807) is 60.7 Å². The molecule has 4 N–H and O–H groups in total. The molecule has 0 aliphatic carbocycles. The van der Waals surface area contributed by atoms with Crippen LogP contribution in [0.4, 0.5) is 0 Å². The largest absolute Gasteiger partial charge is 0.489 e. The highest BCUT2D eigenvalue weighted by Gasteiger charge is 2.33. The molecule has 186 valence electrons. The van der Waals surface area contributed by atoms with E-state index in [0.29, 0.717) is 11.5 Å². The summed E-state index contributed by atoms with van der Waals surface area (Å²) >= 11 is 0. The molecule has 0 aliphatic heterocycles. The molecule has 0 aliphatic rings. The molecule has 0 radical (unpaired) electrons. The third-order valence-electron chi connectivity index (χ3n) is 6.09. The number of ether oxygens (including phenoxy) is 2. The van der Waals surface area contributed by atoms with Crippen molar-refractivity contribution in [2.24, 2.45) is 0 Å². The molecule has 0 saturated heterocycles. The molecular formula is C28H26O8. The average molecular weight is 491 g/mol. The van der Waals surface area contributed by atoms with E-state index in [9.17, 15) is 30.0 Å². The van der Waals surface area contributed by atoms with Crippen molar-refractivity contribution in [3.05, 3.63) is 83.9 Å². The van der Waals surface area contributed by atoms with Crippen LogP contribution in [0.2, 0.25) is 0 Å². The Morgan fingerprint density at radius 3 is 1.58 bits per heavy atom. The normalized spacial score (nSPS) is 11.5. The molecule has 0 aromatic heterocycles. The second-order valence-corrected chi connectivity index (χ2v) is 8.58. The van der Waals surface area contributed by atoms with Crippen LogP contribution in [0.3, 0.4) is 0 Å². The fraction of sp³-hybridized carbons (Fsp3) is 0.214. The van der Waals surface area contributed by atoms with Gasteiger partial charge in [-0.15, -0.1) is 0 Å². The molecule has 4 aromatic rings. The summed E-state index contributed by atoms with van der Waals surface area (Å²) in [5.41, 5.74) is -0.640. The van der Waals surface area contributed by atoms with Gasteiger partial charge in [-0.3, -0.25) is 0 Å². The molecule has 8 heteroatoms. The maximum Gasteiger partial charge on any atom is 0.335 e. The molecule has 4 rings (SSSR count). The van der Waals surface area contributed by atoms with Crippen LogP contribution in [0.15, 0.2) is 72.8 Å². The Bertz CT molecular complexity index is 1410. The predicted octanol–water partition coefficient (Wildman–Crippen LogP) is 4.35. The van der Waals surface area contributed by atoms with Gasteiger partial charge >= 0.3 is 11.9 Å². The monoisotopic (exact) mass is 490 g/mol. The van der Waals surface area contributed by atoms with Crippen molar-refractivity contribution in [2.45, 2.75) is 18.4 Å². The van der Waals surface area contributed by atoms with Crippen LogP contribution in [0.1, 0.15) is 33.6 Å². The zero-order valence-corrected chi connectivity index (χ0v) is 19.4. The maximum absolute atomic E-state index is 11.2. The van der Waals surface area contributed by atoms with Crippen LogP contribution in [0.25, 0.3) is 21.5 Å². The second-order valence-electron chi connectivity index (χ2n) is 8.58. The molecule has 0 amide bonds. The van der Waals surface area contributed by atoms with Gasteiger partial charge in [0.1, 0.15) is 23.7 Å². The highest BCUT2D eigenvalue weighted by atomic mass is 16.5. The Hall–Kier alpha value is -4.14. The van der Waals surface area contributed by atoms with E-state index < -0.39 is 17.5 Å². The second kappa shape index (κ2) is 10.6. The first-order chi connectivity index (χ1) is 17.3. The van der Waals surface area contributed by atoms with Crippen LogP contribution in [0.5, 0.6) is 11.5 Å². The Kier molecular flexibility index (Phi) is 7.38. The van der Waals surface area contributed by atoms with Gasteiger partial charge in [0.15, 0.2) is 0 Å². The first kappa shape index (κ1) is 25.0. The van der Waals surface area contributed by atoms with Crippen molar-refractivity contribution in [1.29, 1.82) is 0 Å². The summed E-state index contributed by atoms with van der Waals surface area (Å²) in [6.45, 7) is -0.327. The minimum Gasteiger partial charge on any atom is -0.489 e.